The Bertz CT molecular complexity index is 352. The van der Waals surface area contributed by atoms with Crippen molar-refractivity contribution in [3.8, 4) is 5.75 Å². The van der Waals surface area contributed by atoms with E-state index in [1.54, 1.807) is 0 Å². The van der Waals surface area contributed by atoms with Gasteiger partial charge in [0.05, 0.1) is 9.47 Å². The summed E-state index contributed by atoms with van der Waals surface area (Å²) in [5, 5.41) is 0. The van der Waals surface area contributed by atoms with Crippen LogP contribution in [0.3, 0.4) is 0 Å². The molecule has 0 N–H and O–H groups in total. The summed E-state index contributed by atoms with van der Waals surface area (Å²) >= 11 is 0. The third-order valence-electron chi connectivity index (χ3n) is 3.12. The second-order valence-electron chi connectivity index (χ2n) is 5.43. The average Bonchev–Trinajstić information content (AvgIpc) is 2.26. The first kappa shape index (κ1) is 13.5. The van der Waals surface area contributed by atoms with Crippen molar-refractivity contribution in [3.05, 3.63) is 29.3 Å². The SMILES string of the molecule is CCC(C)c1ccc(OP)c(C(C)(C)C)c1. The van der Waals surface area contributed by atoms with Gasteiger partial charge in [-0.3, -0.25) is 0 Å². The van der Waals surface area contributed by atoms with Crippen LogP contribution in [-0.4, -0.2) is 0 Å². The van der Waals surface area contributed by atoms with Gasteiger partial charge in [0.1, 0.15) is 5.75 Å². The molecule has 0 aliphatic carbocycles. The van der Waals surface area contributed by atoms with Crippen molar-refractivity contribution in [1.82, 2.24) is 0 Å². The Morgan fingerprint density at radius 3 is 2.38 bits per heavy atom. The summed E-state index contributed by atoms with van der Waals surface area (Å²) in [7, 11) is 2.34. The zero-order valence-electron chi connectivity index (χ0n) is 11.0. The van der Waals surface area contributed by atoms with Gasteiger partial charge < -0.3 is 4.52 Å². The van der Waals surface area contributed by atoms with Crippen molar-refractivity contribution in [3.63, 3.8) is 0 Å². The van der Waals surface area contributed by atoms with E-state index in [4.69, 9.17) is 4.52 Å². The van der Waals surface area contributed by atoms with Gasteiger partial charge in [-0.15, -0.1) is 0 Å². The fourth-order valence-corrected chi connectivity index (χ4v) is 1.98. The molecule has 0 fully saturated rings. The quantitative estimate of drug-likeness (QED) is 0.695. The Labute approximate surface area is 102 Å². The van der Waals surface area contributed by atoms with Crippen molar-refractivity contribution < 1.29 is 4.52 Å². The fourth-order valence-electron chi connectivity index (χ4n) is 1.78. The summed E-state index contributed by atoms with van der Waals surface area (Å²) in [6.45, 7) is 11.1. The van der Waals surface area contributed by atoms with Gasteiger partial charge in [-0.1, -0.05) is 46.8 Å². The summed E-state index contributed by atoms with van der Waals surface area (Å²) in [5.41, 5.74) is 2.80. The van der Waals surface area contributed by atoms with Gasteiger partial charge in [-0.05, 0) is 29.4 Å². The van der Waals surface area contributed by atoms with E-state index in [-0.39, 0.29) is 5.41 Å². The van der Waals surface area contributed by atoms with Gasteiger partial charge in [-0.25, -0.2) is 0 Å². The highest BCUT2D eigenvalue weighted by atomic mass is 31.0. The smallest absolute Gasteiger partial charge is 0.126 e. The number of rotatable bonds is 3. The molecular formula is C14H23OP. The minimum absolute atomic E-state index is 0.120. The summed E-state index contributed by atoms with van der Waals surface area (Å²) in [4.78, 5) is 0. The molecular weight excluding hydrogens is 215 g/mol. The van der Waals surface area contributed by atoms with Crippen molar-refractivity contribution in [1.29, 1.82) is 0 Å². The Hall–Kier alpha value is -0.550. The second kappa shape index (κ2) is 5.19. The lowest BCUT2D eigenvalue weighted by Gasteiger charge is -2.24. The molecule has 90 valence electrons. The lowest BCUT2D eigenvalue weighted by Crippen LogP contribution is -2.13. The van der Waals surface area contributed by atoms with Gasteiger partial charge in [-0.2, -0.15) is 0 Å². The van der Waals surface area contributed by atoms with Gasteiger partial charge in [0.25, 0.3) is 0 Å². The van der Waals surface area contributed by atoms with Crippen LogP contribution in [0.4, 0.5) is 0 Å². The highest BCUT2D eigenvalue weighted by Gasteiger charge is 2.20. The minimum atomic E-state index is 0.120. The van der Waals surface area contributed by atoms with Crippen LogP contribution in [0, 0.1) is 0 Å². The molecule has 1 aromatic carbocycles. The molecule has 0 bridgehead atoms. The molecule has 0 spiro atoms. The predicted octanol–water partition coefficient (Wildman–Crippen LogP) is 4.67. The van der Waals surface area contributed by atoms with Crippen molar-refractivity contribution in [2.75, 3.05) is 0 Å². The molecule has 0 amide bonds. The third kappa shape index (κ3) is 2.98. The molecule has 2 unspecified atom stereocenters. The monoisotopic (exact) mass is 238 g/mol. The zero-order valence-corrected chi connectivity index (χ0v) is 12.2. The Morgan fingerprint density at radius 2 is 1.94 bits per heavy atom. The number of hydrogen-bond acceptors (Lipinski definition) is 1. The van der Waals surface area contributed by atoms with E-state index in [0.717, 1.165) is 5.75 Å². The maximum absolute atomic E-state index is 5.36. The van der Waals surface area contributed by atoms with Crippen molar-refractivity contribution in [2.24, 2.45) is 0 Å². The molecule has 0 aliphatic heterocycles. The molecule has 1 rings (SSSR count). The predicted molar refractivity (Wildman–Crippen MR) is 74.2 cm³/mol. The molecule has 0 aromatic heterocycles. The van der Waals surface area contributed by atoms with Gasteiger partial charge >= 0.3 is 0 Å². The van der Waals surface area contributed by atoms with E-state index in [1.807, 2.05) is 0 Å². The van der Waals surface area contributed by atoms with Crippen LogP contribution in [0.15, 0.2) is 18.2 Å². The molecule has 0 saturated carbocycles. The van der Waals surface area contributed by atoms with Gasteiger partial charge in [0, 0.05) is 5.56 Å². The van der Waals surface area contributed by atoms with Crippen LogP contribution >= 0.6 is 9.47 Å². The van der Waals surface area contributed by atoms with E-state index in [2.05, 4.69) is 62.3 Å². The summed E-state index contributed by atoms with van der Waals surface area (Å²) in [5.74, 6) is 1.57. The minimum Gasteiger partial charge on any atom is -0.480 e. The van der Waals surface area contributed by atoms with Crippen LogP contribution in [0.25, 0.3) is 0 Å². The molecule has 0 aliphatic rings. The number of benzene rings is 1. The van der Waals surface area contributed by atoms with Crippen molar-refractivity contribution in [2.45, 2.75) is 52.4 Å². The normalized spacial score (nSPS) is 13.6. The van der Waals surface area contributed by atoms with E-state index in [9.17, 15) is 0 Å². The zero-order chi connectivity index (χ0) is 12.3. The highest BCUT2D eigenvalue weighted by molar-refractivity contribution is 7.10. The lowest BCUT2D eigenvalue weighted by atomic mass is 9.83. The van der Waals surface area contributed by atoms with Crippen LogP contribution in [-0.2, 0) is 5.41 Å². The Kier molecular flexibility index (Phi) is 4.38. The second-order valence-corrected chi connectivity index (χ2v) is 5.67. The average molecular weight is 238 g/mol. The van der Waals surface area contributed by atoms with E-state index in [0.29, 0.717) is 5.92 Å². The first-order valence-electron chi connectivity index (χ1n) is 5.91. The van der Waals surface area contributed by atoms with Crippen LogP contribution in [0.1, 0.15) is 58.1 Å². The highest BCUT2D eigenvalue weighted by Crippen LogP contribution is 2.35. The fraction of sp³-hybridized carbons (Fsp3) is 0.571. The molecule has 2 heteroatoms. The number of hydrogen-bond donors (Lipinski definition) is 0. The maximum atomic E-state index is 5.36. The summed E-state index contributed by atoms with van der Waals surface area (Å²) < 4.78 is 5.36. The van der Waals surface area contributed by atoms with Crippen molar-refractivity contribution >= 4 is 9.47 Å². The molecule has 0 saturated heterocycles. The first-order chi connectivity index (χ1) is 7.40. The van der Waals surface area contributed by atoms with E-state index >= 15 is 0 Å². The van der Waals surface area contributed by atoms with E-state index < -0.39 is 0 Å². The molecule has 0 radical (unpaired) electrons. The molecule has 2 atom stereocenters. The lowest BCUT2D eigenvalue weighted by molar-refractivity contribution is 0.543. The molecule has 1 aromatic rings. The van der Waals surface area contributed by atoms with E-state index in [1.165, 1.54) is 17.5 Å². The third-order valence-corrected chi connectivity index (χ3v) is 3.37. The largest absolute Gasteiger partial charge is 0.480 e. The van der Waals surface area contributed by atoms with Crippen LogP contribution in [0.2, 0.25) is 0 Å². The molecule has 16 heavy (non-hydrogen) atoms. The van der Waals surface area contributed by atoms with Crippen LogP contribution in [0.5, 0.6) is 5.75 Å². The Morgan fingerprint density at radius 1 is 1.31 bits per heavy atom. The summed E-state index contributed by atoms with van der Waals surface area (Å²) in [6.07, 6.45) is 1.17. The maximum Gasteiger partial charge on any atom is 0.126 e. The van der Waals surface area contributed by atoms with Gasteiger partial charge in [0.15, 0.2) is 0 Å². The molecule has 1 nitrogen and oxygen atoms in total. The first-order valence-corrected chi connectivity index (χ1v) is 6.38. The molecule has 0 heterocycles. The Balaban J connectivity index is 3.22. The topological polar surface area (TPSA) is 9.23 Å². The van der Waals surface area contributed by atoms with Crippen LogP contribution < -0.4 is 4.52 Å². The van der Waals surface area contributed by atoms with Gasteiger partial charge in [0.2, 0.25) is 0 Å². The standard InChI is InChI=1S/C14H23OP/c1-6-10(2)11-7-8-13(15-16)12(9-11)14(3,4)5/h7-10H,6,16H2,1-5H3. The summed E-state index contributed by atoms with van der Waals surface area (Å²) in [6, 6.07) is 6.53.